The Hall–Kier alpha value is -4.20. The number of aromatic nitrogens is 3. The van der Waals surface area contributed by atoms with Crippen LogP contribution in [-0.4, -0.2) is 43.2 Å². The second kappa shape index (κ2) is 7.16. The van der Waals surface area contributed by atoms with E-state index in [1.54, 1.807) is 11.2 Å². The molecule has 0 aliphatic carbocycles. The fourth-order valence-corrected chi connectivity index (χ4v) is 4.90. The van der Waals surface area contributed by atoms with Crippen LogP contribution < -0.4 is 5.32 Å². The highest BCUT2D eigenvalue weighted by molar-refractivity contribution is 6.05. The molecule has 8 heteroatoms. The second-order valence-corrected chi connectivity index (χ2v) is 8.60. The highest BCUT2D eigenvalue weighted by atomic mass is 16.2. The number of amides is 3. The number of hydrogen-bond donors (Lipinski definition) is 2. The Labute approximate surface area is 189 Å². The first kappa shape index (κ1) is 19.5. The Kier molecular flexibility index (Phi) is 4.23. The summed E-state index contributed by atoms with van der Waals surface area (Å²) in [7, 11) is 1.97. The van der Waals surface area contributed by atoms with Crippen LogP contribution in [0.25, 0.3) is 33.4 Å². The van der Waals surface area contributed by atoms with Gasteiger partial charge in [0.25, 0.3) is 5.91 Å². The van der Waals surface area contributed by atoms with Crippen molar-refractivity contribution in [2.75, 3.05) is 0 Å². The van der Waals surface area contributed by atoms with E-state index in [2.05, 4.69) is 33.5 Å². The number of aromatic amines is 1. The SMILES string of the molecule is Cn1cnc(-c2ccc3c(c2)CN([C@H]2CCC(=O)NC2=O)C3=O)c1-c1ccc2[nH]ccc2c1. The molecule has 0 saturated carbocycles. The summed E-state index contributed by atoms with van der Waals surface area (Å²) in [6.45, 7) is 0.339. The highest BCUT2D eigenvalue weighted by Crippen LogP contribution is 2.35. The van der Waals surface area contributed by atoms with Gasteiger partial charge in [-0.1, -0.05) is 12.1 Å². The largest absolute Gasteiger partial charge is 0.361 e. The number of benzene rings is 2. The number of fused-ring (bicyclic) bond motifs is 2. The van der Waals surface area contributed by atoms with Crippen LogP contribution in [0.2, 0.25) is 0 Å². The number of hydrogen-bond acceptors (Lipinski definition) is 4. The third-order valence-electron chi connectivity index (χ3n) is 6.56. The van der Waals surface area contributed by atoms with Crippen molar-refractivity contribution < 1.29 is 14.4 Å². The van der Waals surface area contributed by atoms with Crippen molar-refractivity contribution >= 4 is 28.6 Å². The minimum atomic E-state index is -0.621. The standard InChI is InChI=1S/C25H21N5O3/c1-29-13-27-22(23(29)16-3-5-19-14(10-16)8-9-26-19)15-2-4-18-17(11-15)12-30(25(18)33)20-6-7-21(31)28-24(20)32/h2-5,8-11,13,20,26H,6-7,12H2,1H3,(H,28,31,32)/t20-/m0/s1. The van der Waals surface area contributed by atoms with Crippen molar-refractivity contribution in [3.05, 3.63) is 66.1 Å². The predicted molar refractivity (Wildman–Crippen MR) is 122 cm³/mol. The molecule has 0 radical (unpaired) electrons. The van der Waals surface area contributed by atoms with Gasteiger partial charge in [0.05, 0.1) is 17.7 Å². The molecular weight excluding hydrogens is 418 g/mol. The van der Waals surface area contributed by atoms with Crippen molar-refractivity contribution in [2.24, 2.45) is 7.05 Å². The summed E-state index contributed by atoms with van der Waals surface area (Å²) >= 11 is 0. The smallest absolute Gasteiger partial charge is 0.255 e. The van der Waals surface area contributed by atoms with Gasteiger partial charge in [-0.25, -0.2) is 4.98 Å². The summed E-state index contributed by atoms with van der Waals surface area (Å²) < 4.78 is 2.00. The number of aryl methyl sites for hydroxylation is 1. The Balaban J connectivity index is 1.36. The first-order valence-electron chi connectivity index (χ1n) is 10.9. The molecule has 1 saturated heterocycles. The molecule has 4 aromatic rings. The molecule has 2 aromatic heterocycles. The van der Waals surface area contributed by atoms with E-state index in [9.17, 15) is 14.4 Å². The molecule has 3 amide bonds. The van der Waals surface area contributed by atoms with Gasteiger partial charge in [-0.2, -0.15) is 0 Å². The van der Waals surface area contributed by atoms with Crippen molar-refractivity contribution in [3.8, 4) is 22.5 Å². The van der Waals surface area contributed by atoms with Gasteiger partial charge in [-0.15, -0.1) is 0 Å². The van der Waals surface area contributed by atoms with Gasteiger partial charge in [0, 0.05) is 53.8 Å². The number of rotatable bonds is 3. The number of nitrogens with one attached hydrogen (secondary N) is 2. The van der Waals surface area contributed by atoms with Crippen LogP contribution in [0.4, 0.5) is 0 Å². The van der Waals surface area contributed by atoms with Crippen LogP contribution in [0.15, 0.2) is 55.0 Å². The van der Waals surface area contributed by atoms with Crippen molar-refractivity contribution in [3.63, 3.8) is 0 Å². The minimum Gasteiger partial charge on any atom is -0.361 e. The molecule has 0 unspecified atom stereocenters. The highest BCUT2D eigenvalue weighted by Gasteiger charge is 2.39. The lowest BCUT2D eigenvalue weighted by Crippen LogP contribution is -2.52. The molecule has 33 heavy (non-hydrogen) atoms. The maximum atomic E-state index is 13.0. The molecule has 2 N–H and O–H groups in total. The third-order valence-corrected chi connectivity index (χ3v) is 6.56. The molecule has 164 valence electrons. The number of nitrogens with zero attached hydrogens (tertiary/aromatic N) is 3. The second-order valence-electron chi connectivity index (χ2n) is 8.60. The summed E-state index contributed by atoms with van der Waals surface area (Å²) in [6, 6.07) is 13.4. The average Bonchev–Trinajstić information content (AvgIpc) is 3.50. The average molecular weight is 439 g/mol. The minimum absolute atomic E-state index is 0.176. The van der Waals surface area contributed by atoms with Crippen LogP contribution in [-0.2, 0) is 23.2 Å². The molecule has 1 atom stereocenters. The lowest BCUT2D eigenvalue weighted by molar-refractivity contribution is -0.136. The van der Waals surface area contributed by atoms with Crippen molar-refractivity contribution in [1.29, 1.82) is 0 Å². The zero-order chi connectivity index (χ0) is 22.7. The normalized spacial score (nSPS) is 18.2. The lowest BCUT2D eigenvalue weighted by Gasteiger charge is -2.29. The number of imide groups is 1. The molecule has 4 heterocycles. The van der Waals surface area contributed by atoms with Gasteiger partial charge in [0.1, 0.15) is 6.04 Å². The van der Waals surface area contributed by atoms with Crippen LogP contribution in [0.1, 0.15) is 28.8 Å². The van der Waals surface area contributed by atoms with Gasteiger partial charge >= 0.3 is 0 Å². The fraction of sp³-hybridized carbons (Fsp3) is 0.200. The Morgan fingerprint density at radius 1 is 1.03 bits per heavy atom. The Morgan fingerprint density at radius 2 is 1.88 bits per heavy atom. The molecule has 0 spiro atoms. The predicted octanol–water partition coefficient (Wildman–Crippen LogP) is 3.00. The van der Waals surface area contributed by atoms with E-state index >= 15 is 0 Å². The molecule has 0 bridgehead atoms. The zero-order valence-corrected chi connectivity index (χ0v) is 18.0. The number of carbonyl (C=O) groups is 3. The number of imidazole rings is 1. The van der Waals surface area contributed by atoms with Crippen molar-refractivity contribution in [2.45, 2.75) is 25.4 Å². The van der Waals surface area contributed by atoms with E-state index in [1.165, 1.54) is 0 Å². The molecule has 2 aromatic carbocycles. The monoisotopic (exact) mass is 439 g/mol. The van der Waals surface area contributed by atoms with Gasteiger partial charge in [-0.3, -0.25) is 19.7 Å². The fourth-order valence-electron chi connectivity index (χ4n) is 4.90. The van der Waals surface area contributed by atoms with Crippen LogP contribution in [0.5, 0.6) is 0 Å². The lowest BCUT2D eigenvalue weighted by atomic mass is 10.00. The Bertz CT molecular complexity index is 1460. The summed E-state index contributed by atoms with van der Waals surface area (Å²) in [5, 5.41) is 3.47. The zero-order valence-electron chi connectivity index (χ0n) is 18.0. The summed E-state index contributed by atoms with van der Waals surface area (Å²) in [5.74, 6) is -0.867. The maximum absolute atomic E-state index is 13.0. The van der Waals surface area contributed by atoms with Crippen LogP contribution >= 0.6 is 0 Å². The summed E-state index contributed by atoms with van der Waals surface area (Å²) in [6.07, 6.45) is 4.30. The maximum Gasteiger partial charge on any atom is 0.255 e. The molecule has 2 aliphatic heterocycles. The van der Waals surface area contributed by atoms with E-state index in [0.29, 0.717) is 18.5 Å². The van der Waals surface area contributed by atoms with Gasteiger partial charge in [0.2, 0.25) is 11.8 Å². The topological polar surface area (TPSA) is 100 Å². The molecular formula is C25H21N5O3. The van der Waals surface area contributed by atoms with Gasteiger partial charge in [-0.05, 0) is 42.3 Å². The molecule has 1 fully saturated rings. The van der Waals surface area contributed by atoms with Crippen LogP contribution in [0.3, 0.4) is 0 Å². The van der Waals surface area contributed by atoms with Crippen LogP contribution in [0, 0.1) is 0 Å². The molecule has 8 nitrogen and oxygen atoms in total. The van der Waals surface area contributed by atoms with E-state index in [-0.39, 0.29) is 18.2 Å². The molecule has 2 aliphatic rings. The first-order valence-corrected chi connectivity index (χ1v) is 10.9. The number of piperidine rings is 1. The first-order chi connectivity index (χ1) is 16.0. The number of H-pyrrole nitrogens is 1. The van der Waals surface area contributed by atoms with E-state index < -0.39 is 11.9 Å². The Morgan fingerprint density at radius 3 is 2.73 bits per heavy atom. The summed E-state index contributed by atoms with van der Waals surface area (Å²) in [5.41, 5.74) is 6.32. The van der Waals surface area contributed by atoms with Gasteiger partial charge in [0.15, 0.2) is 0 Å². The van der Waals surface area contributed by atoms with E-state index in [0.717, 1.165) is 39.0 Å². The quantitative estimate of drug-likeness (QED) is 0.479. The third kappa shape index (κ3) is 3.06. The van der Waals surface area contributed by atoms with Gasteiger partial charge < -0.3 is 14.5 Å². The van der Waals surface area contributed by atoms with E-state index in [1.807, 2.05) is 42.1 Å². The van der Waals surface area contributed by atoms with Crippen molar-refractivity contribution in [1.82, 2.24) is 24.8 Å². The molecule has 6 rings (SSSR count). The number of carbonyl (C=O) groups excluding carboxylic acids is 3. The van der Waals surface area contributed by atoms with E-state index in [4.69, 9.17) is 0 Å². The summed E-state index contributed by atoms with van der Waals surface area (Å²) in [4.78, 5) is 46.3.